The highest BCUT2D eigenvalue weighted by molar-refractivity contribution is 7.86. The van der Waals surface area contributed by atoms with Crippen LogP contribution in [0.15, 0.2) is 93.5 Å². The molecule has 3 aromatic carbocycles. The van der Waals surface area contributed by atoms with Crippen molar-refractivity contribution in [1.82, 2.24) is 15.1 Å². The minimum Gasteiger partial charge on any atom is -0.379 e. The van der Waals surface area contributed by atoms with Gasteiger partial charge in [0.25, 0.3) is 30.4 Å². The molecule has 4 N–H and O–H groups in total. The molecule has 0 radical (unpaired) electrons. The van der Waals surface area contributed by atoms with E-state index in [-0.39, 0.29) is 26.5 Å². The lowest BCUT2D eigenvalue weighted by atomic mass is 10.0. The first-order valence-corrected chi connectivity index (χ1v) is 22.5. The van der Waals surface area contributed by atoms with Crippen molar-refractivity contribution in [3.63, 3.8) is 0 Å². The van der Waals surface area contributed by atoms with Gasteiger partial charge in [0.15, 0.2) is 0 Å². The largest absolute Gasteiger partial charge is 0.379 e. The molecule has 0 unspecified atom stereocenters. The first kappa shape index (κ1) is 51.2. The van der Waals surface area contributed by atoms with Crippen LogP contribution in [0.1, 0.15) is 50.7 Å². The van der Waals surface area contributed by atoms with Crippen LogP contribution in [0.4, 0.5) is 0 Å². The van der Waals surface area contributed by atoms with Gasteiger partial charge in [0.05, 0.1) is 54.3 Å². The Morgan fingerprint density at radius 3 is 1.02 bits per heavy atom. The van der Waals surface area contributed by atoms with Crippen LogP contribution in [0.2, 0.25) is 0 Å². The van der Waals surface area contributed by atoms with Gasteiger partial charge in [-0.3, -0.25) is 13.7 Å². The molecule has 0 spiro atoms. The first-order chi connectivity index (χ1) is 26.2. The molecular weight excluding hydrogens is 787 g/mol. The van der Waals surface area contributed by atoms with E-state index >= 15 is 0 Å². The van der Waals surface area contributed by atoms with Gasteiger partial charge in [-0.15, -0.1) is 0 Å². The zero-order valence-electron chi connectivity index (χ0n) is 33.3. The number of rotatable bonds is 5. The highest BCUT2D eigenvalue weighted by atomic mass is 32.2. The maximum absolute atomic E-state index is 10.9. The molecule has 0 atom stereocenters. The Hall–Kier alpha value is -2.85. The van der Waals surface area contributed by atoms with Crippen molar-refractivity contribution in [2.24, 2.45) is 0 Å². The Bertz CT molecular complexity index is 1720. The zero-order valence-corrected chi connectivity index (χ0v) is 35.7. The lowest BCUT2D eigenvalue weighted by molar-refractivity contribution is 0.0502. The summed E-state index contributed by atoms with van der Waals surface area (Å²) in [6.07, 6.45) is 0. The Kier molecular flexibility index (Phi) is 24.6. The molecule has 318 valence electrons. The quantitative estimate of drug-likeness (QED) is 0.260. The van der Waals surface area contributed by atoms with Gasteiger partial charge < -0.3 is 29.3 Å². The summed E-state index contributed by atoms with van der Waals surface area (Å²) in [5.41, 5.74) is 1.29. The molecule has 0 bridgehead atoms. The average molecular weight is 848 g/mol. The molecule has 18 heteroatoms. The fourth-order valence-electron chi connectivity index (χ4n) is 4.80. The summed E-state index contributed by atoms with van der Waals surface area (Å²) >= 11 is 0. The molecule has 3 aromatic rings. The molecule has 3 aliphatic rings. The van der Waals surface area contributed by atoms with Crippen LogP contribution in [-0.4, -0.2) is 142 Å². The van der Waals surface area contributed by atoms with Crippen molar-refractivity contribution in [2.75, 3.05) is 93.0 Å². The van der Waals surface area contributed by atoms with Gasteiger partial charge in [0.1, 0.15) is 0 Å². The van der Waals surface area contributed by atoms with Gasteiger partial charge >= 0.3 is 0 Å². The van der Waals surface area contributed by atoms with E-state index in [4.69, 9.17) is 27.9 Å². The lowest BCUT2D eigenvalue weighted by Gasteiger charge is -2.21. The van der Waals surface area contributed by atoms with Crippen molar-refractivity contribution in [3.05, 3.63) is 90.0 Å². The molecule has 3 saturated heterocycles. The summed E-state index contributed by atoms with van der Waals surface area (Å²) in [7, 11) is -7.93. The van der Waals surface area contributed by atoms with Crippen LogP contribution in [0.25, 0.3) is 0 Å². The SMILES string of the molecule is C1COCCN1.CC(C)c1ccccc1S(=O)(=O)O.CC(C)c1ccccc1S(=O)(=O)O.CN1CCOCC1.CN1CCOCC1.O=S(=O)(O)c1ccccc1. The molecule has 6 rings (SSSR count). The van der Waals surface area contributed by atoms with Crippen LogP contribution in [0.5, 0.6) is 0 Å². The Balaban J connectivity index is 0.000000344. The zero-order chi connectivity index (χ0) is 42.2. The van der Waals surface area contributed by atoms with E-state index in [0.29, 0.717) is 11.1 Å². The second kappa shape index (κ2) is 27.0. The van der Waals surface area contributed by atoms with E-state index < -0.39 is 30.4 Å². The number of hydrogen-bond acceptors (Lipinski definition) is 12. The maximum Gasteiger partial charge on any atom is 0.294 e. The first-order valence-electron chi connectivity index (χ1n) is 18.2. The average Bonchev–Trinajstić information content (AvgIpc) is 3.17. The molecule has 3 fully saturated rings. The van der Waals surface area contributed by atoms with E-state index in [9.17, 15) is 25.3 Å². The summed E-state index contributed by atoms with van der Waals surface area (Å²) in [5.74, 6) is 0.163. The van der Waals surface area contributed by atoms with Crippen LogP contribution in [0.3, 0.4) is 0 Å². The van der Waals surface area contributed by atoms with Crippen molar-refractivity contribution < 1.29 is 53.1 Å². The number of benzene rings is 3. The summed E-state index contributed by atoms with van der Waals surface area (Å²) in [6, 6.07) is 20.3. The second-order valence-corrected chi connectivity index (χ2v) is 17.5. The van der Waals surface area contributed by atoms with Gasteiger partial charge in [-0.2, -0.15) is 25.3 Å². The number of likely N-dealkylation sites (N-methyl/N-ethyl adjacent to an activating group) is 2. The van der Waals surface area contributed by atoms with Crippen LogP contribution >= 0.6 is 0 Å². The highest BCUT2D eigenvalue weighted by Gasteiger charge is 2.17. The van der Waals surface area contributed by atoms with Gasteiger partial charge in [-0.1, -0.05) is 82.3 Å². The normalized spacial score (nSPS) is 16.5. The van der Waals surface area contributed by atoms with Gasteiger partial charge in [0.2, 0.25) is 0 Å². The van der Waals surface area contributed by atoms with E-state index in [2.05, 4.69) is 29.2 Å². The molecule has 0 amide bonds. The Morgan fingerprint density at radius 1 is 0.500 bits per heavy atom. The Morgan fingerprint density at radius 2 is 0.821 bits per heavy atom. The third kappa shape index (κ3) is 22.8. The van der Waals surface area contributed by atoms with Crippen LogP contribution in [0, 0.1) is 0 Å². The minimum atomic E-state index is -4.08. The van der Waals surface area contributed by atoms with Gasteiger partial charge in [-0.05, 0) is 61.3 Å². The van der Waals surface area contributed by atoms with Crippen LogP contribution < -0.4 is 5.32 Å². The summed E-state index contributed by atoms with van der Waals surface area (Å²) in [5, 5.41) is 3.16. The van der Waals surface area contributed by atoms with E-state index in [1.807, 2.05) is 27.7 Å². The van der Waals surface area contributed by atoms with Crippen LogP contribution in [-0.2, 0) is 44.6 Å². The third-order valence-electron chi connectivity index (χ3n) is 7.99. The number of nitrogens with one attached hydrogen (secondary N) is 1. The fourth-order valence-corrected chi connectivity index (χ4v) is 7.01. The van der Waals surface area contributed by atoms with Gasteiger partial charge in [0, 0.05) is 39.3 Å². The molecule has 0 aromatic heterocycles. The van der Waals surface area contributed by atoms with E-state index in [0.717, 1.165) is 78.9 Å². The van der Waals surface area contributed by atoms with E-state index in [1.165, 1.54) is 24.3 Å². The van der Waals surface area contributed by atoms with Crippen molar-refractivity contribution >= 4 is 30.4 Å². The third-order valence-corrected chi connectivity index (χ3v) is 10.7. The molecule has 3 aliphatic heterocycles. The maximum atomic E-state index is 10.9. The molecule has 0 saturated carbocycles. The standard InChI is InChI=1S/2C9H12O3S.C6H6O3S.2C5H11NO.C4H9NO/c2*1-7(2)8-5-3-4-6-9(8)13(10,11)12;7-10(8,9)6-4-2-1-3-5-6;2*1-6-2-4-7-5-3-6;1-3-6-4-2-5-1/h2*3-7H,1-2H3,(H,10,11,12);1-5H,(H,7,8,9);2*2-5H2,1H3;5H,1-4H2. The number of morpholine rings is 3. The lowest BCUT2D eigenvalue weighted by Crippen LogP contribution is -2.32. The predicted octanol–water partition coefficient (Wildman–Crippen LogP) is 4.55. The number of hydrogen-bond donors (Lipinski definition) is 4. The highest BCUT2D eigenvalue weighted by Crippen LogP contribution is 2.23. The molecular formula is C38H61N3O12S3. The number of ether oxygens (including phenoxy) is 3. The minimum absolute atomic E-state index is 0.00463. The number of nitrogens with zero attached hydrogens (tertiary/aromatic N) is 2. The molecule has 56 heavy (non-hydrogen) atoms. The summed E-state index contributed by atoms with van der Waals surface area (Å²) in [6.45, 7) is 19.4. The summed E-state index contributed by atoms with van der Waals surface area (Å²) in [4.78, 5) is 4.47. The predicted molar refractivity (Wildman–Crippen MR) is 217 cm³/mol. The van der Waals surface area contributed by atoms with Crippen molar-refractivity contribution in [3.8, 4) is 0 Å². The van der Waals surface area contributed by atoms with E-state index in [1.54, 1.807) is 54.6 Å². The second-order valence-electron chi connectivity index (χ2n) is 13.3. The van der Waals surface area contributed by atoms with Gasteiger partial charge in [-0.25, -0.2) is 0 Å². The monoisotopic (exact) mass is 847 g/mol. The topological polar surface area (TPSA) is 209 Å². The Labute approximate surface area is 334 Å². The molecule has 3 heterocycles. The summed E-state index contributed by atoms with van der Waals surface area (Å²) < 4.78 is 106. The van der Waals surface area contributed by atoms with Crippen molar-refractivity contribution in [2.45, 2.75) is 54.2 Å². The van der Waals surface area contributed by atoms with Crippen molar-refractivity contribution in [1.29, 1.82) is 0 Å². The smallest absolute Gasteiger partial charge is 0.294 e. The fraction of sp³-hybridized carbons (Fsp3) is 0.526. The molecule has 0 aliphatic carbocycles. The molecule has 15 nitrogen and oxygen atoms in total.